The number of aromatic nitrogens is 1. The van der Waals surface area contributed by atoms with E-state index in [-0.39, 0.29) is 0 Å². The number of aliphatic imine (C=N–C) groups is 1. The lowest BCUT2D eigenvalue weighted by atomic mass is 10.3. The fourth-order valence-corrected chi connectivity index (χ4v) is 4.28. The number of nitrogens with zero attached hydrogens (tertiary/aromatic N) is 3. The summed E-state index contributed by atoms with van der Waals surface area (Å²) < 4.78 is 14.0. The average Bonchev–Trinajstić information content (AvgIpc) is 2.89. The lowest BCUT2D eigenvalue weighted by molar-refractivity contribution is 0.666. The Kier molecular flexibility index (Phi) is 5.71. The third-order valence-electron chi connectivity index (χ3n) is 2.65. The highest BCUT2D eigenvalue weighted by Crippen LogP contribution is 2.27. The van der Waals surface area contributed by atoms with Gasteiger partial charge in [-0.15, -0.1) is 11.3 Å². The number of benzene rings is 1. The summed E-state index contributed by atoms with van der Waals surface area (Å²) in [4.78, 5) is 8.45. The van der Waals surface area contributed by atoms with Gasteiger partial charge in [-0.25, -0.2) is 9.19 Å². The van der Waals surface area contributed by atoms with E-state index in [2.05, 4.69) is 20.6 Å². The summed E-state index contributed by atoms with van der Waals surface area (Å²) in [6, 6.07) is 5.38. The molecule has 1 aromatic heterocycles. The van der Waals surface area contributed by atoms with E-state index in [1.807, 2.05) is 13.0 Å². The van der Waals surface area contributed by atoms with Crippen LogP contribution in [0.2, 0.25) is 5.02 Å². The van der Waals surface area contributed by atoms with Gasteiger partial charge in [0.1, 0.15) is 16.2 Å². The SMILES string of the molecule is CCN=C(NC#N)NC(C)S(=O)c1nc2cc(Cl)ccc2s1. The maximum absolute atomic E-state index is 12.5. The van der Waals surface area contributed by atoms with Crippen LogP contribution in [0.4, 0.5) is 0 Å². The molecule has 2 unspecified atom stereocenters. The molecule has 0 aliphatic carbocycles. The molecule has 0 bridgehead atoms. The van der Waals surface area contributed by atoms with Gasteiger partial charge < -0.3 is 5.32 Å². The molecular weight excluding hydrogens is 342 g/mol. The molecule has 1 heterocycles. The normalized spacial score (nSPS) is 14.4. The van der Waals surface area contributed by atoms with Crippen molar-refractivity contribution in [1.29, 1.82) is 5.26 Å². The number of thiazole rings is 1. The molecule has 0 saturated heterocycles. The Balaban J connectivity index is 2.18. The summed E-state index contributed by atoms with van der Waals surface area (Å²) in [6.07, 6.45) is 1.79. The fraction of sp³-hybridized carbons (Fsp3) is 0.308. The number of fused-ring (bicyclic) bond motifs is 1. The number of hydrogen-bond acceptors (Lipinski definition) is 5. The van der Waals surface area contributed by atoms with Crippen molar-refractivity contribution in [2.45, 2.75) is 23.6 Å². The van der Waals surface area contributed by atoms with Crippen LogP contribution in [0.25, 0.3) is 10.2 Å². The molecular formula is C13H14ClN5OS2. The number of hydrogen-bond donors (Lipinski definition) is 2. The van der Waals surface area contributed by atoms with Crippen LogP contribution >= 0.6 is 22.9 Å². The Labute approximate surface area is 139 Å². The van der Waals surface area contributed by atoms with E-state index in [0.29, 0.717) is 21.9 Å². The van der Waals surface area contributed by atoms with Crippen LogP contribution < -0.4 is 10.6 Å². The van der Waals surface area contributed by atoms with Crippen molar-refractivity contribution >= 4 is 49.9 Å². The maximum Gasteiger partial charge on any atom is 0.205 e. The fourth-order valence-electron chi connectivity index (χ4n) is 1.70. The summed E-state index contributed by atoms with van der Waals surface area (Å²) in [6.45, 7) is 4.11. The van der Waals surface area contributed by atoms with Crippen molar-refractivity contribution < 1.29 is 4.21 Å². The van der Waals surface area contributed by atoms with E-state index >= 15 is 0 Å². The Hall–Kier alpha value is -1.69. The first-order valence-electron chi connectivity index (χ1n) is 6.48. The predicted octanol–water partition coefficient (Wildman–Crippen LogP) is 2.44. The second kappa shape index (κ2) is 7.54. The molecule has 1 aromatic carbocycles. The average molecular weight is 356 g/mol. The maximum atomic E-state index is 12.5. The van der Waals surface area contributed by atoms with Crippen LogP contribution in [-0.4, -0.2) is 27.1 Å². The van der Waals surface area contributed by atoms with Gasteiger partial charge in [0.15, 0.2) is 10.5 Å². The lowest BCUT2D eigenvalue weighted by Gasteiger charge is -2.13. The van der Waals surface area contributed by atoms with Gasteiger partial charge in [0, 0.05) is 11.6 Å². The molecule has 0 aliphatic heterocycles. The quantitative estimate of drug-likeness (QED) is 0.380. The molecule has 0 amide bonds. The van der Waals surface area contributed by atoms with Gasteiger partial charge in [-0.3, -0.25) is 10.3 Å². The minimum Gasteiger partial charge on any atom is -0.341 e. The van der Waals surface area contributed by atoms with E-state index in [1.54, 1.807) is 25.2 Å². The monoisotopic (exact) mass is 355 g/mol. The summed E-state index contributed by atoms with van der Waals surface area (Å²) in [5.74, 6) is 0.301. The Morgan fingerprint density at radius 3 is 3.09 bits per heavy atom. The number of rotatable bonds is 4. The number of nitriles is 1. The Bertz CT molecular complexity index is 767. The van der Waals surface area contributed by atoms with E-state index in [1.165, 1.54) is 11.3 Å². The summed E-state index contributed by atoms with van der Waals surface area (Å²) in [7, 11) is -1.37. The van der Waals surface area contributed by atoms with Crippen LogP contribution in [0.15, 0.2) is 27.5 Å². The summed E-state index contributed by atoms with van der Waals surface area (Å²) in [5.41, 5.74) is 0.727. The zero-order valence-corrected chi connectivity index (χ0v) is 14.3. The minimum absolute atomic E-state index is 0.301. The number of nitrogens with one attached hydrogen (secondary N) is 2. The zero-order valence-electron chi connectivity index (χ0n) is 12.0. The highest BCUT2D eigenvalue weighted by molar-refractivity contribution is 7.87. The smallest absolute Gasteiger partial charge is 0.205 e. The first kappa shape index (κ1) is 16.7. The van der Waals surface area contributed by atoms with Crippen LogP contribution in [0.3, 0.4) is 0 Å². The van der Waals surface area contributed by atoms with Crippen molar-refractivity contribution in [2.24, 2.45) is 4.99 Å². The Morgan fingerprint density at radius 1 is 1.64 bits per heavy atom. The van der Waals surface area contributed by atoms with Gasteiger partial charge >= 0.3 is 0 Å². The third-order valence-corrected chi connectivity index (χ3v) is 5.66. The standard InChI is InChI=1S/C13H14ClN5OS2/c1-3-16-12(17-7-15)18-8(2)22(20)13-19-10-6-9(14)4-5-11(10)21-13/h4-6,8H,3H2,1-2H3,(H2,16,17,18). The molecule has 2 rings (SSSR count). The van der Waals surface area contributed by atoms with Crippen LogP contribution in [-0.2, 0) is 10.8 Å². The van der Waals surface area contributed by atoms with Gasteiger partial charge in [-0.2, -0.15) is 5.26 Å². The first-order valence-corrected chi connectivity index (χ1v) is 8.88. The highest BCUT2D eigenvalue weighted by Gasteiger charge is 2.19. The summed E-state index contributed by atoms with van der Waals surface area (Å²) >= 11 is 7.29. The Morgan fingerprint density at radius 2 is 2.41 bits per heavy atom. The largest absolute Gasteiger partial charge is 0.341 e. The molecule has 0 spiro atoms. The molecule has 0 fully saturated rings. The number of halogens is 1. The lowest BCUT2D eigenvalue weighted by Crippen LogP contribution is -2.42. The predicted molar refractivity (Wildman–Crippen MR) is 90.4 cm³/mol. The second-order valence-corrected chi connectivity index (χ2v) is 7.65. The van der Waals surface area contributed by atoms with Crippen LogP contribution in [0.5, 0.6) is 0 Å². The molecule has 2 aromatic rings. The molecule has 22 heavy (non-hydrogen) atoms. The van der Waals surface area contributed by atoms with Gasteiger partial charge in [-0.05, 0) is 32.0 Å². The second-order valence-electron chi connectivity index (χ2n) is 4.24. The van der Waals surface area contributed by atoms with Gasteiger partial charge in [0.25, 0.3) is 0 Å². The van der Waals surface area contributed by atoms with Gasteiger partial charge in [-0.1, -0.05) is 11.6 Å². The van der Waals surface area contributed by atoms with Gasteiger partial charge in [0.2, 0.25) is 5.96 Å². The molecule has 0 radical (unpaired) electrons. The molecule has 6 nitrogen and oxygen atoms in total. The topological polar surface area (TPSA) is 90.2 Å². The third kappa shape index (κ3) is 3.94. The van der Waals surface area contributed by atoms with E-state index in [9.17, 15) is 4.21 Å². The molecule has 0 saturated carbocycles. The van der Waals surface area contributed by atoms with Gasteiger partial charge in [0.05, 0.1) is 10.2 Å². The molecule has 9 heteroatoms. The van der Waals surface area contributed by atoms with E-state index < -0.39 is 16.2 Å². The number of guanidine groups is 1. The van der Waals surface area contributed by atoms with E-state index in [0.717, 1.165) is 10.2 Å². The molecule has 116 valence electrons. The highest BCUT2D eigenvalue weighted by atomic mass is 35.5. The van der Waals surface area contributed by atoms with Crippen molar-refractivity contribution in [3.63, 3.8) is 0 Å². The van der Waals surface area contributed by atoms with Crippen LogP contribution in [0.1, 0.15) is 13.8 Å². The molecule has 2 N–H and O–H groups in total. The molecule has 2 atom stereocenters. The minimum atomic E-state index is -1.37. The van der Waals surface area contributed by atoms with Crippen molar-refractivity contribution in [1.82, 2.24) is 15.6 Å². The van der Waals surface area contributed by atoms with E-state index in [4.69, 9.17) is 16.9 Å². The summed E-state index contributed by atoms with van der Waals surface area (Å²) in [5, 5.41) is 14.2. The first-order chi connectivity index (χ1) is 10.5. The van der Waals surface area contributed by atoms with Crippen molar-refractivity contribution in [2.75, 3.05) is 6.54 Å². The van der Waals surface area contributed by atoms with Crippen molar-refractivity contribution in [3.8, 4) is 6.19 Å². The zero-order chi connectivity index (χ0) is 16.1. The van der Waals surface area contributed by atoms with Crippen molar-refractivity contribution in [3.05, 3.63) is 23.2 Å². The van der Waals surface area contributed by atoms with Crippen LogP contribution in [0, 0.1) is 11.5 Å². The molecule has 0 aliphatic rings.